The summed E-state index contributed by atoms with van der Waals surface area (Å²) in [4.78, 5) is 14.3. The Morgan fingerprint density at radius 1 is 0.917 bits per heavy atom. The van der Waals surface area contributed by atoms with E-state index in [4.69, 9.17) is 4.74 Å². The van der Waals surface area contributed by atoms with Crippen molar-refractivity contribution in [3.63, 3.8) is 0 Å². The zero-order valence-electron chi connectivity index (χ0n) is 19.6. The molecule has 3 aromatic rings. The van der Waals surface area contributed by atoms with Crippen LogP contribution < -0.4 is 15.0 Å². The average Bonchev–Trinajstić information content (AvgIpc) is 2.89. The van der Waals surface area contributed by atoms with E-state index >= 15 is 0 Å². The van der Waals surface area contributed by atoms with E-state index in [1.807, 2.05) is 12.1 Å². The van der Waals surface area contributed by atoms with Gasteiger partial charge in [-0.05, 0) is 65.8 Å². The van der Waals surface area contributed by atoms with Crippen LogP contribution in [0.3, 0.4) is 0 Å². The fourth-order valence-corrected chi connectivity index (χ4v) is 5.04. The first-order valence-corrected chi connectivity index (χ1v) is 12.1. The summed E-state index contributed by atoms with van der Waals surface area (Å²) in [5.74, 6) is 0.0578. The van der Waals surface area contributed by atoms with Gasteiger partial charge in [0, 0.05) is 0 Å². The lowest BCUT2D eigenvalue weighted by molar-refractivity contribution is -0.137. The van der Waals surface area contributed by atoms with Crippen molar-refractivity contribution in [1.29, 1.82) is 0 Å². The van der Waals surface area contributed by atoms with Crippen molar-refractivity contribution in [1.82, 2.24) is 0 Å². The Morgan fingerprint density at radius 3 is 2.36 bits per heavy atom. The second-order valence-corrected chi connectivity index (χ2v) is 9.26. The minimum Gasteiger partial charge on any atom is -0.490 e. The summed E-state index contributed by atoms with van der Waals surface area (Å²) in [6.07, 6.45) is 1.51. The van der Waals surface area contributed by atoms with E-state index in [-0.39, 0.29) is 13.2 Å². The lowest BCUT2D eigenvalue weighted by Crippen LogP contribution is -2.41. The van der Waals surface area contributed by atoms with Gasteiger partial charge in [0.1, 0.15) is 18.2 Å². The summed E-state index contributed by atoms with van der Waals surface area (Å²) in [6, 6.07) is 15.4. The van der Waals surface area contributed by atoms with Crippen molar-refractivity contribution in [3.05, 3.63) is 77.6 Å². The highest BCUT2D eigenvalue weighted by Crippen LogP contribution is 2.39. The Morgan fingerprint density at radius 2 is 1.64 bits per heavy atom. The van der Waals surface area contributed by atoms with Gasteiger partial charge in [-0.1, -0.05) is 49.6 Å². The Bertz CT molecular complexity index is 1250. The maximum Gasteiger partial charge on any atom is 0.418 e. The number of hydrogen-bond donors (Lipinski definition) is 1. The number of nitrogens with one attached hydrogen (secondary N) is 1. The monoisotopic (exact) mass is 498 g/mol. The molecule has 4 nitrogen and oxygen atoms in total. The molecule has 3 aromatic carbocycles. The molecule has 0 saturated heterocycles. The van der Waals surface area contributed by atoms with Crippen LogP contribution in [0, 0.1) is 5.82 Å². The first-order chi connectivity index (χ1) is 17.3. The van der Waals surface area contributed by atoms with E-state index in [1.165, 1.54) is 42.6 Å². The molecule has 1 aliphatic heterocycles. The molecule has 0 aromatic heterocycles. The maximum atomic E-state index is 13.4. The van der Waals surface area contributed by atoms with Crippen LogP contribution in [0.1, 0.15) is 49.1 Å². The number of urea groups is 1. The van der Waals surface area contributed by atoms with Crippen molar-refractivity contribution < 1.29 is 27.1 Å². The van der Waals surface area contributed by atoms with Crippen molar-refractivity contribution >= 4 is 17.4 Å². The number of fused-ring (bicyclic) bond motifs is 1. The van der Waals surface area contributed by atoms with E-state index in [9.17, 15) is 22.4 Å². The zero-order chi connectivity index (χ0) is 25.3. The zero-order valence-corrected chi connectivity index (χ0v) is 19.6. The van der Waals surface area contributed by atoms with Crippen LogP contribution >= 0.6 is 0 Å². The lowest BCUT2D eigenvalue weighted by Gasteiger charge is -2.30. The van der Waals surface area contributed by atoms with E-state index < -0.39 is 29.3 Å². The van der Waals surface area contributed by atoms with Gasteiger partial charge in [0.2, 0.25) is 0 Å². The third kappa shape index (κ3) is 5.03. The van der Waals surface area contributed by atoms with Crippen LogP contribution in [0.5, 0.6) is 5.75 Å². The number of hydrogen-bond acceptors (Lipinski definition) is 2. The van der Waals surface area contributed by atoms with Gasteiger partial charge in [-0.2, -0.15) is 13.2 Å². The van der Waals surface area contributed by atoms with E-state index in [1.54, 1.807) is 6.07 Å². The third-order valence-corrected chi connectivity index (χ3v) is 6.92. The molecule has 0 spiro atoms. The molecule has 0 bridgehead atoms. The molecule has 0 atom stereocenters. The predicted octanol–water partition coefficient (Wildman–Crippen LogP) is 7.99. The van der Waals surface area contributed by atoms with Crippen molar-refractivity contribution in [2.75, 3.05) is 23.4 Å². The smallest absolute Gasteiger partial charge is 0.418 e. The third-order valence-electron chi connectivity index (χ3n) is 6.92. The molecular weight excluding hydrogens is 472 g/mol. The normalized spacial score (nSPS) is 16.3. The fraction of sp³-hybridized carbons (Fsp3) is 0.321. The number of amides is 2. The largest absolute Gasteiger partial charge is 0.490 e. The van der Waals surface area contributed by atoms with Gasteiger partial charge >= 0.3 is 12.2 Å². The lowest BCUT2D eigenvalue weighted by atomic mass is 9.84. The molecule has 1 saturated carbocycles. The molecule has 2 aliphatic rings. The number of alkyl halides is 3. The molecule has 36 heavy (non-hydrogen) atoms. The number of carbonyl (C=O) groups is 1. The second-order valence-electron chi connectivity index (χ2n) is 9.26. The highest BCUT2D eigenvalue weighted by Gasteiger charge is 2.35. The highest BCUT2D eigenvalue weighted by molar-refractivity contribution is 6.03. The van der Waals surface area contributed by atoms with Crippen molar-refractivity contribution in [3.8, 4) is 16.9 Å². The molecule has 1 heterocycles. The van der Waals surface area contributed by atoms with E-state index in [0.717, 1.165) is 23.3 Å². The molecule has 0 radical (unpaired) electrons. The molecule has 1 N–H and O–H groups in total. The number of ether oxygens (including phenoxy) is 1. The van der Waals surface area contributed by atoms with Crippen molar-refractivity contribution in [2.45, 2.75) is 44.2 Å². The SMILES string of the molecule is O=C(Nc1ccc(F)cc1C(F)(F)F)N1CCOc2cc(-c3ccc(C4CCCCC4)cc3)ccc21. The van der Waals surface area contributed by atoms with Crippen LogP contribution in [0.4, 0.5) is 33.7 Å². The molecule has 8 heteroatoms. The fourth-order valence-electron chi connectivity index (χ4n) is 5.04. The minimum absolute atomic E-state index is 0.164. The summed E-state index contributed by atoms with van der Waals surface area (Å²) in [7, 11) is 0. The number of benzene rings is 3. The molecular formula is C28H26F4N2O2. The van der Waals surface area contributed by atoms with Crippen LogP contribution in [0.25, 0.3) is 11.1 Å². The summed E-state index contributed by atoms with van der Waals surface area (Å²) in [6.45, 7) is 0.358. The van der Waals surface area contributed by atoms with Gasteiger partial charge in [-0.15, -0.1) is 0 Å². The van der Waals surface area contributed by atoms with Crippen LogP contribution in [-0.4, -0.2) is 19.2 Å². The highest BCUT2D eigenvalue weighted by atomic mass is 19.4. The standard InChI is InChI=1S/C28H26F4N2O2/c29-22-11-12-24(23(17-22)28(30,31)32)33-27(35)34-14-15-36-26-16-21(10-13-25(26)34)20-8-6-19(7-9-20)18-4-2-1-3-5-18/h6-13,16-18H,1-5,14-15H2,(H,33,35). The van der Waals surface area contributed by atoms with Gasteiger partial charge in [-0.3, -0.25) is 4.90 Å². The summed E-state index contributed by atoms with van der Waals surface area (Å²) in [5, 5.41) is 2.28. The van der Waals surface area contributed by atoms with Crippen LogP contribution in [0.15, 0.2) is 60.7 Å². The van der Waals surface area contributed by atoms with E-state index in [2.05, 4.69) is 29.6 Å². The molecule has 1 fully saturated rings. The second kappa shape index (κ2) is 9.84. The average molecular weight is 499 g/mol. The Labute approximate surface area is 206 Å². The predicted molar refractivity (Wildman–Crippen MR) is 131 cm³/mol. The van der Waals surface area contributed by atoms with Gasteiger partial charge in [-0.25, -0.2) is 9.18 Å². The number of carbonyl (C=O) groups excluding carboxylic acids is 1. The van der Waals surface area contributed by atoms with Gasteiger partial charge in [0.15, 0.2) is 0 Å². The van der Waals surface area contributed by atoms with E-state index in [0.29, 0.717) is 23.4 Å². The number of rotatable bonds is 3. The van der Waals surface area contributed by atoms with Crippen LogP contribution in [-0.2, 0) is 6.18 Å². The molecule has 5 rings (SSSR count). The maximum absolute atomic E-state index is 13.4. The van der Waals surface area contributed by atoms with Crippen LogP contribution in [0.2, 0.25) is 0 Å². The van der Waals surface area contributed by atoms with Gasteiger partial charge in [0.05, 0.1) is 23.5 Å². The number of halogens is 4. The first-order valence-electron chi connectivity index (χ1n) is 12.1. The Kier molecular flexibility index (Phi) is 6.60. The quantitative estimate of drug-likeness (QED) is 0.372. The number of nitrogens with zero attached hydrogens (tertiary/aromatic N) is 1. The molecule has 1 aliphatic carbocycles. The molecule has 0 unspecified atom stereocenters. The Hall–Kier alpha value is -3.55. The first kappa shape index (κ1) is 24.2. The van der Waals surface area contributed by atoms with Gasteiger partial charge < -0.3 is 10.1 Å². The topological polar surface area (TPSA) is 41.6 Å². The number of anilines is 2. The van der Waals surface area contributed by atoms with Crippen molar-refractivity contribution in [2.24, 2.45) is 0 Å². The minimum atomic E-state index is -4.81. The summed E-state index contributed by atoms with van der Waals surface area (Å²) in [5.41, 5.74) is 2.01. The Balaban J connectivity index is 1.35. The summed E-state index contributed by atoms with van der Waals surface area (Å²) < 4.78 is 59.2. The van der Waals surface area contributed by atoms with Gasteiger partial charge in [0.25, 0.3) is 0 Å². The molecule has 2 amide bonds. The summed E-state index contributed by atoms with van der Waals surface area (Å²) >= 11 is 0. The molecule has 188 valence electrons.